The van der Waals surface area contributed by atoms with Crippen LogP contribution in [0.25, 0.3) is 0 Å². The summed E-state index contributed by atoms with van der Waals surface area (Å²) in [4.78, 5) is 26.1. The summed E-state index contributed by atoms with van der Waals surface area (Å²) in [5.74, 6) is 1.70. The lowest BCUT2D eigenvalue weighted by molar-refractivity contribution is -0.127. The van der Waals surface area contributed by atoms with Crippen molar-refractivity contribution >= 4 is 23.6 Å². The van der Waals surface area contributed by atoms with Gasteiger partial charge in [-0.05, 0) is 36.1 Å². The summed E-state index contributed by atoms with van der Waals surface area (Å²) in [5, 5.41) is 12.2. The van der Waals surface area contributed by atoms with Gasteiger partial charge < -0.3 is 14.8 Å². The van der Waals surface area contributed by atoms with Gasteiger partial charge in [0.2, 0.25) is 5.91 Å². The van der Waals surface area contributed by atoms with Gasteiger partial charge in [-0.3, -0.25) is 9.59 Å². The molecule has 1 saturated carbocycles. The van der Waals surface area contributed by atoms with E-state index < -0.39 is 0 Å². The molecule has 2 aromatic carbocycles. The van der Waals surface area contributed by atoms with Crippen molar-refractivity contribution in [1.82, 2.24) is 25.0 Å². The molecule has 166 valence electrons. The van der Waals surface area contributed by atoms with Crippen LogP contribution < -0.4 is 5.32 Å². The molecule has 0 atom stereocenters. The molecule has 1 heterocycles. The van der Waals surface area contributed by atoms with Crippen LogP contribution in [0.3, 0.4) is 0 Å². The Kier molecular flexibility index (Phi) is 6.90. The summed E-state index contributed by atoms with van der Waals surface area (Å²) in [5.41, 5.74) is 2.77. The van der Waals surface area contributed by atoms with E-state index in [1.807, 2.05) is 30.3 Å². The fourth-order valence-corrected chi connectivity index (χ4v) is 4.35. The number of nitrogens with zero attached hydrogens (tertiary/aromatic N) is 4. The van der Waals surface area contributed by atoms with Gasteiger partial charge in [-0.2, -0.15) is 0 Å². The molecular formula is C24H27N5O2S. The average molecular weight is 450 g/mol. The molecule has 1 aliphatic carbocycles. The van der Waals surface area contributed by atoms with Gasteiger partial charge in [0.15, 0.2) is 5.16 Å². The minimum Gasteiger partial charge on any atom is -0.355 e. The molecule has 3 aromatic rings. The molecular weight excluding hydrogens is 422 g/mol. The van der Waals surface area contributed by atoms with Crippen LogP contribution in [0.1, 0.15) is 46.1 Å². The Morgan fingerprint density at radius 2 is 1.78 bits per heavy atom. The molecule has 0 radical (unpaired) electrons. The lowest BCUT2D eigenvalue weighted by Gasteiger charge is -2.17. The Morgan fingerprint density at radius 3 is 2.44 bits per heavy atom. The number of aromatic nitrogens is 3. The highest BCUT2D eigenvalue weighted by molar-refractivity contribution is 7.99. The number of benzene rings is 2. The Hall–Kier alpha value is -3.13. The van der Waals surface area contributed by atoms with Crippen LogP contribution in [0.5, 0.6) is 0 Å². The topological polar surface area (TPSA) is 80.1 Å². The van der Waals surface area contributed by atoms with E-state index in [0.717, 1.165) is 29.4 Å². The van der Waals surface area contributed by atoms with Crippen molar-refractivity contribution in [2.75, 3.05) is 19.8 Å². The van der Waals surface area contributed by atoms with Crippen LogP contribution in [-0.2, 0) is 17.9 Å². The summed E-state index contributed by atoms with van der Waals surface area (Å²) in [6, 6.07) is 17.6. The van der Waals surface area contributed by atoms with E-state index in [1.165, 1.54) is 17.3 Å². The van der Waals surface area contributed by atoms with Crippen molar-refractivity contribution in [2.45, 2.75) is 37.0 Å². The van der Waals surface area contributed by atoms with Crippen molar-refractivity contribution in [3.63, 3.8) is 0 Å². The standard InChI is InChI=1S/C24H27N5O2S/c1-25-23(31)20-10-8-18(9-11-20)14-28(2)21(30)16-32-24-27-26-22(19-12-13-19)29(24)15-17-6-4-3-5-7-17/h3-11,19H,12-16H2,1-2H3,(H,25,31). The summed E-state index contributed by atoms with van der Waals surface area (Å²) < 4.78 is 2.16. The lowest BCUT2D eigenvalue weighted by Crippen LogP contribution is -2.28. The molecule has 1 fully saturated rings. The third-order valence-corrected chi connectivity index (χ3v) is 6.44. The van der Waals surface area contributed by atoms with Gasteiger partial charge in [0.05, 0.1) is 12.3 Å². The highest BCUT2D eigenvalue weighted by Gasteiger charge is 2.30. The molecule has 0 saturated heterocycles. The second kappa shape index (κ2) is 9.99. The molecule has 32 heavy (non-hydrogen) atoms. The Balaban J connectivity index is 1.37. The SMILES string of the molecule is CNC(=O)c1ccc(CN(C)C(=O)CSc2nnc(C3CC3)n2Cc2ccccc2)cc1. The van der Waals surface area contributed by atoms with Crippen LogP contribution in [-0.4, -0.2) is 51.3 Å². The van der Waals surface area contributed by atoms with Crippen LogP contribution in [0.4, 0.5) is 0 Å². The highest BCUT2D eigenvalue weighted by Crippen LogP contribution is 2.40. The number of amides is 2. The zero-order chi connectivity index (χ0) is 22.5. The van der Waals surface area contributed by atoms with Gasteiger partial charge >= 0.3 is 0 Å². The van der Waals surface area contributed by atoms with Gasteiger partial charge in [-0.1, -0.05) is 54.2 Å². The number of hydrogen-bond acceptors (Lipinski definition) is 5. The zero-order valence-electron chi connectivity index (χ0n) is 18.3. The number of carbonyl (C=O) groups excluding carboxylic acids is 2. The predicted octanol–water partition coefficient (Wildman–Crippen LogP) is 3.31. The smallest absolute Gasteiger partial charge is 0.251 e. The van der Waals surface area contributed by atoms with Crippen LogP contribution >= 0.6 is 11.8 Å². The number of carbonyl (C=O) groups is 2. The number of thioether (sulfide) groups is 1. The minimum atomic E-state index is -0.123. The van der Waals surface area contributed by atoms with E-state index in [2.05, 4.69) is 32.2 Å². The van der Waals surface area contributed by atoms with Gasteiger partial charge in [0, 0.05) is 32.1 Å². The summed E-state index contributed by atoms with van der Waals surface area (Å²) in [6.45, 7) is 1.20. The molecule has 1 aliphatic rings. The second-order valence-corrected chi connectivity index (χ2v) is 8.94. The third kappa shape index (κ3) is 5.37. The molecule has 7 nitrogen and oxygen atoms in total. The average Bonchev–Trinajstić information content (AvgIpc) is 3.59. The molecule has 0 bridgehead atoms. The van der Waals surface area contributed by atoms with Crippen LogP contribution in [0, 0.1) is 0 Å². The van der Waals surface area contributed by atoms with Crippen molar-refractivity contribution in [1.29, 1.82) is 0 Å². The van der Waals surface area contributed by atoms with Crippen molar-refractivity contribution < 1.29 is 9.59 Å². The van der Waals surface area contributed by atoms with E-state index in [9.17, 15) is 9.59 Å². The molecule has 4 rings (SSSR count). The summed E-state index contributed by atoms with van der Waals surface area (Å²) >= 11 is 1.43. The first-order chi connectivity index (χ1) is 15.5. The Labute approximate surface area is 192 Å². The predicted molar refractivity (Wildman–Crippen MR) is 125 cm³/mol. The van der Waals surface area contributed by atoms with E-state index in [0.29, 0.717) is 30.3 Å². The molecule has 8 heteroatoms. The van der Waals surface area contributed by atoms with Crippen molar-refractivity contribution in [2.24, 2.45) is 0 Å². The fraction of sp³-hybridized carbons (Fsp3) is 0.333. The largest absolute Gasteiger partial charge is 0.355 e. The van der Waals surface area contributed by atoms with E-state index in [1.54, 1.807) is 31.1 Å². The van der Waals surface area contributed by atoms with Gasteiger partial charge in [-0.15, -0.1) is 10.2 Å². The highest BCUT2D eigenvalue weighted by atomic mass is 32.2. The van der Waals surface area contributed by atoms with Gasteiger partial charge in [0.1, 0.15) is 5.82 Å². The van der Waals surface area contributed by atoms with Gasteiger partial charge in [0.25, 0.3) is 5.91 Å². The molecule has 0 aliphatic heterocycles. The monoisotopic (exact) mass is 449 g/mol. The molecule has 1 N–H and O–H groups in total. The van der Waals surface area contributed by atoms with E-state index >= 15 is 0 Å². The third-order valence-electron chi connectivity index (χ3n) is 5.48. The first kappa shape index (κ1) is 22.1. The molecule has 2 amide bonds. The van der Waals surface area contributed by atoms with Crippen LogP contribution in [0.2, 0.25) is 0 Å². The molecule has 0 spiro atoms. The van der Waals surface area contributed by atoms with Crippen LogP contribution in [0.15, 0.2) is 59.8 Å². The fourth-order valence-electron chi connectivity index (χ4n) is 3.47. The first-order valence-corrected chi connectivity index (χ1v) is 11.7. The van der Waals surface area contributed by atoms with E-state index in [-0.39, 0.29) is 11.8 Å². The normalized spacial score (nSPS) is 13.1. The van der Waals surface area contributed by atoms with E-state index in [4.69, 9.17) is 0 Å². The number of rotatable bonds is 9. The van der Waals surface area contributed by atoms with Gasteiger partial charge in [-0.25, -0.2) is 0 Å². The maximum Gasteiger partial charge on any atom is 0.251 e. The molecule has 0 unspecified atom stereocenters. The number of nitrogens with one attached hydrogen (secondary N) is 1. The first-order valence-electron chi connectivity index (χ1n) is 10.7. The maximum atomic E-state index is 12.7. The van der Waals surface area contributed by atoms with Crippen molar-refractivity contribution in [3.8, 4) is 0 Å². The summed E-state index contributed by atoms with van der Waals surface area (Å²) in [6.07, 6.45) is 2.30. The minimum absolute atomic E-state index is 0.0209. The lowest BCUT2D eigenvalue weighted by atomic mass is 10.1. The maximum absolute atomic E-state index is 12.7. The number of hydrogen-bond donors (Lipinski definition) is 1. The second-order valence-electron chi connectivity index (χ2n) is 8.00. The summed E-state index contributed by atoms with van der Waals surface area (Å²) in [7, 11) is 3.40. The Morgan fingerprint density at radius 1 is 1.06 bits per heavy atom. The zero-order valence-corrected chi connectivity index (χ0v) is 19.1. The Bertz CT molecular complexity index is 1080. The molecule has 1 aromatic heterocycles. The van der Waals surface area contributed by atoms with Crippen molar-refractivity contribution in [3.05, 3.63) is 77.1 Å². The quantitative estimate of drug-likeness (QED) is 0.507.